The number of nitrogens with zero attached hydrogens (tertiary/aromatic N) is 1. The molecule has 0 saturated heterocycles. The molecule has 6 heteroatoms. The molecule has 2 amide bonds. The van der Waals surface area contributed by atoms with E-state index in [0.717, 1.165) is 5.75 Å². The third kappa shape index (κ3) is 5.39. The van der Waals surface area contributed by atoms with E-state index in [0.29, 0.717) is 29.6 Å². The minimum Gasteiger partial charge on any atom is -0.493 e. The van der Waals surface area contributed by atoms with Crippen LogP contribution in [0.1, 0.15) is 31.1 Å². The van der Waals surface area contributed by atoms with Gasteiger partial charge >= 0.3 is 0 Å². The summed E-state index contributed by atoms with van der Waals surface area (Å²) in [5.41, 5.74) is 1.07. The Labute approximate surface area is 141 Å². The van der Waals surface area contributed by atoms with E-state index in [4.69, 9.17) is 4.74 Å². The quantitative estimate of drug-likeness (QED) is 0.853. The molecule has 2 aromatic rings. The maximum Gasteiger partial charge on any atom is 0.255 e. The van der Waals surface area contributed by atoms with Gasteiger partial charge in [0, 0.05) is 24.4 Å². The molecule has 0 aliphatic rings. The zero-order chi connectivity index (χ0) is 17.5. The summed E-state index contributed by atoms with van der Waals surface area (Å²) < 4.78 is 5.60. The minimum absolute atomic E-state index is 0.239. The van der Waals surface area contributed by atoms with Gasteiger partial charge in [-0.2, -0.15) is 0 Å². The van der Waals surface area contributed by atoms with Crippen LogP contribution in [0.2, 0.25) is 0 Å². The van der Waals surface area contributed by atoms with Crippen LogP contribution in [-0.4, -0.2) is 23.4 Å². The Morgan fingerprint density at radius 1 is 1.12 bits per heavy atom. The number of ether oxygens (including phenoxy) is 1. The van der Waals surface area contributed by atoms with Crippen LogP contribution in [0, 0.1) is 5.92 Å². The number of pyridine rings is 1. The van der Waals surface area contributed by atoms with Gasteiger partial charge in [0.25, 0.3) is 5.91 Å². The van der Waals surface area contributed by atoms with Crippen LogP contribution < -0.4 is 15.4 Å². The van der Waals surface area contributed by atoms with Crippen LogP contribution in [-0.2, 0) is 4.79 Å². The fourth-order valence-electron chi connectivity index (χ4n) is 1.92. The first-order valence-electron chi connectivity index (χ1n) is 7.72. The molecular formula is C18H21N3O3. The molecule has 0 aliphatic carbocycles. The molecule has 0 radical (unpaired) electrons. The van der Waals surface area contributed by atoms with Crippen molar-refractivity contribution in [2.24, 2.45) is 5.92 Å². The van der Waals surface area contributed by atoms with Crippen molar-refractivity contribution in [2.45, 2.75) is 20.8 Å². The molecule has 126 valence electrons. The number of hydrogen-bond acceptors (Lipinski definition) is 4. The average molecular weight is 327 g/mol. The second kappa shape index (κ2) is 8.10. The molecule has 0 unspecified atom stereocenters. The van der Waals surface area contributed by atoms with E-state index in [9.17, 15) is 9.59 Å². The largest absolute Gasteiger partial charge is 0.493 e. The van der Waals surface area contributed by atoms with E-state index in [2.05, 4.69) is 29.5 Å². The van der Waals surface area contributed by atoms with Crippen LogP contribution in [0.3, 0.4) is 0 Å². The normalized spacial score (nSPS) is 10.3. The number of carbonyl (C=O) groups is 2. The second-order valence-corrected chi connectivity index (χ2v) is 5.79. The molecule has 2 rings (SSSR count). The molecule has 0 aliphatic heterocycles. The Bertz CT molecular complexity index is 712. The molecule has 2 N–H and O–H groups in total. The van der Waals surface area contributed by atoms with Gasteiger partial charge in [-0.05, 0) is 42.3 Å². The molecule has 0 fully saturated rings. The number of amides is 2. The van der Waals surface area contributed by atoms with Gasteiger partial charge in [-0.15, -0.1) is 0 Å². The monoisotopic (exact) mass is 327 g/mol. The van der Waals surface area contributed by atoms with Gasteiger partial charge in [-0.3, -0.25) is 9.59 Å². The molecule has 1 aromatic heterocycles. The van der Waals surface area contributed by atoms with Gasteiger partial charge in [0.05, 0.1) is 6.61 Å². The van der Waals surface area contributed by atoms with E-state index in [1.165, 1.54) is 19.2 Å². The SMILES string of the molecule is CC(=O)Nc1cc(C(=O)Nc2ccc(OCC(C)C)cc2)ccn1. The lowest BCUT2D eigenvalue weighted by atomic mass is 10.2. The van der Waals surface area contributed by atoms with Crippen LogP contribution in [0.5, 0.6) is 5.75 Å². The van der Waals surface area contributed by atoms with Crippen LogP contribution >= 0.6 is 0 Å². The van der Waals surface area contributed by atoms with Gasteiger partial charge < -0.3 is 15.4 Å². The Morgan fingerprint density at radius 3 is 2.46 bits per heavy atom. The van der Waals surface area contributed by atoms with Gasteiger partial charge in [0.1, 0.15) is 11.6 Å². The zero-order valence-corrected chi connectivity index (χ0v) is 14.0. The predicted molar refractivity (Wildman–Crippen MR) is 93.3 cm³/mol. The van der Waals surface area contributed by atoms with Crippen molar-refractivity contribution < 1.29 is 14.3 Å². The average Bonchev–Trinajstić information content (AvgIpc) is 2.53. The Balaban J connectivity index is 2.00. The molecule has 0 bridgehead atoms. The van der Waals surface area contributed by atoms with Gasteiger partial charge in [0.2, 0.25) is 5.91 Å². The summed E-state index contributed by atoms with van der Waals surface area (Å²) in [5.74, 6) is 1.04. The summed E-state index contributed by atoms with van der Waals surface area (Å²) >= 11 is 0. The molecule has 0 spiro atoms. The smallest absolute Gasteiger partial charge is 0.255 e. The van der Waals surface area contributed by atoms with Crippen molar-refractivity contribution in [3.63, 3.8) is 0 Å². The number of hydrogen-bond donors (Lipinski definition) is 2. The number of nitrogens with one attached hydrogen (secondary N) is 2. The van der Waals surface area contributed by atoms with E-state index < -0.39 is 0 Å². The summed E-state index contributed by atoms with van der Waals surface area (Å²) in [6.07, 6.45) is 1.48. The highest BCUT2D eigenvalue weighted by Crippen LogP contribution is 2.17. The second-order valence-electron chi connectivity index (χ2n) is 5.79. The van der Waals surface area contributed by atoms with Crippen molar-refractivity contribution in [3.05, 3.63) is 48.2 Å². The topological polar surface area (TPSA) is 80.3 Å². The third-order valence-corrected chi connectivity index (χ3v) is 3.02. The number of anilines is 2. The highest BCUT2D eigenvalue weighted by atomic mass is 16.5. The maximum atomic E-state index is 12.3. The van der Waals surface area contributed by atoms with E-state index in [-0.39, 0.29) is 11.8 Å². The molecule has 0 saturated carbocycles. The summed E-state index contributed by atoms with van der Waals surface area (Å²) in [6, 6.07) is 10.3. The van der Waals surface area contributed by atoms with Crippen molar-refractivity contribution in [2.75, 3.05) is 17.2 Å². The highest BCUT2D eigenvalue weighted by molar-refractivity contribution is 6.05. The first kappa shape index (κ1) is 17.5. The lowest BCUT2D eigenvalue weighted by Gasteiger charge is -2.10. The zero-order valence-electron chi connectivity index (χ0n) is 14.0. The number of benzene rings is 1. The maximum absolute atomic E-state index is 12.3. The summed E-state index contributed by atoms with van der Waals surface area (Å²) in [7, 11) is 0. The molecule has 24 heavy (non-hydrogen) atoms. The standard InChI is InChI=1S/C18H21N3O3/c1-12(2)11-24-16-6-4-15(5-7-16)21-18(23)14-8-9-19-17(10-14)20-13(3)22/h4-10,12H,11H2,1-3H3,(H,21,23)(H,19,20,22). The fourth-order valence-corrected chi connectivity index (χ4v) is 1.92. The van der Waals surface area contributed by atoms with Crippen molar-refractivity contribution in [1.29, 1.82) is 0 Å². The lowest BCUT2D eigenvalue weighted by molar-refractivity contribution is -0.114. The summed E-state index contributed by atoms with van der Waals surface area (Å²) in [5, 5.41) is 5.34. The molecular weight excluding hydrogens is 306 g/mol. The Morgan fingerprint density at radius 2 is 1.83 bits per heavy atom. The van der Waals surface area contributed by atoms with Crippen molar-refractivity contribution >= 4 is 23.3 Å². The summed E-state index contributed by atoms with van der Waals surface area (Å²) in [6.45, 7) is 6.20. The van der Waals surface area contributed by atoms with E-state index >= 15 is 0 Å². The predicted octanol–water partition coefficient (Wildman–Crippen LogP) is 3.33. The summed E-state index contributed by atoms with van der Waals surface area (Å²) in [4.78, 5) is 27.3. The van der Waals surface area contributed by atoms with Crippen LogP contribution in [0.15, 0.2) is 42.6 Å². The van der Waals surface area contributed by atoms with E-state index in [1.54, 1.807) is 18.2 Å². The van der Waals surface area contributed by atoms with Gasteiger partial charge in [0.15, 0.2) is 0 Å². The highest BCUT2D eigenvalue weighted by Gasteiger charge is 2.08. The van der Waals surface area contributed by atoms with Crippen LogP contribution in [0.25, 0.3) is 0 Å². The van der Waals surface area contributed by atoms with Gasteiger partial charge in [-0.1, -0.05) is 13.8 Å². The number of aromatic nitrogens is 1. The van der Waals surface area contributed by atoms with E-state index in [1.807, 2.05) is 12.1 Å². The van der Waals surface area contributed by atoms with Gasteiger partial charge in [-0.25, -0.2) is 4.98 Å². The fraction of sp³-hybridized carbons (Fsp3) is 0.278. The molecule has 6 nitrogen and oxygen atoms in total. The first-order chi connectivity index (χ1) is 11.4. The molecule has 1 heterocycles. The lowest BCUT2D eigenvalue weighted by Crippen LogP contribution is -2.14. The molecule has 1 aromatic carbocycles. The Hall–Kier alpha value is -2.89. The minimum atomic E-state index is -0.278. The number of rotatable bonds is 6. The third-order valence-electron chi connectivity index (χ3n) is 3.02. The molecule has 0 atom stereocenters. The van der Waals surface area contributed by atoms with Crippen molar-refractivity contribution in [3.8, 4) is 5.75 Å². The Kier molecular flexibility index (Phi) is 5.89. The number of carbonyl (C=O) groups excluding carboxylic acids is 2. The van der Waals surface area contributed by atoms with Crippen LogP contribution in [0.4, 0.5) is 11.5 Å². The first-order valence-corrected chi connectivity index (χ1v) is 7.72. The van der Waals surface area contributed by atoms with Crippen molar-refractivity contribution in [1.82, 2.24) is 4.98 Å².